The van der Waals surface area contributed by atoms with E-state index in [1.54, 1.807) is 0 Å². The quantitative estimate of drug-likeness (QED) is 0.181. The van der Waals surface area contributed by atoms with Gasteiger partial charge in [0.05, 0.1) is 33.3 Å². The topological polar surface area (TPSA) is 22.8 Å². The predicted octanol–water partition coefficient (Wildman–Crippen LogP) is 13.4. The normalized spacial score (nSPS) is 12.1. The van der Waals surface area contributed by atoms with E-state index in [-0.39, 0.29) is 0 Å². The second-order valence-electron chi connectivity index (χ2n) is 14.4. The van der Waals surface area contributed by atoms with Gasteiger partial charge < -0.3 is 9.13 Å². The van der Waals surface area contributed by atoms with Gasteiger partial charge in [-0.3, -0.25) is 0 Å². The van der Waals surface area contributed by atoms with Crippen molar-refractivity contribution in [1.29, 1.82) is 0 Å². The zero-order valence-electron chi connectivity index (χ0n) is 29.2. The lowest BCUT2D eigenvalue weighted by molar-refractivity contribution is 1.18. The minimum absolute atomic E-state index is 0.991. The summed E-state index contributed by atoms with van der Waals surface area (Å²) in [7, 11) is 0. The monoisotopic (exact) mass is 685 g/mol. The molecule has 0 spiro atoms. The summed E-state index contributed by atoms with van der Waals surface area (Å²) in [6.07, 6.45) is 0. The number of benzene rings is 8. The van der Waals surface area contributed by atoms with Crippen molar-refractivity contribution >= 4 is 54.5 Å². The molecule has 0 amide bonds. The summed E-state index contributed by atoms with van der Waals surface area (Å²) in [4.78, 5) is 5.28. The summed E-state index contributed by atoms with van der Waals surface area (Å²) in [5.74, 6) is 0. The lowest BCUT2D eigenvalue weighted by atomic mass is 9.99. The minimum atomic E-state index is 0.991. The van der Waals surface area contributed by atoms with E-state index in [0.717, 1.165) is 22.5 Å². The van der Waals surface area contributed by atoms with Crippen LogP contribution in [0.15, 0.2) is 188 Å². The summed E-state index contributed by atoms with van der Waals surface area (Å²) in [6.45, 7) is 0. The summed E-state index contributed by atoms with van der Waals surface area (Å²) >= 11 is 0. The van der Waals surface area contributed by atoms with Gasteiger partial charge in [-0.1, -0.05) is 109 Å². The fourth-order valence-electron chi connectivity index (χ4n) is 9.05. The molecule has 0 saturated carbocycles. The Morgan fingerprint density at radius 1 is 0.315 bits per heavy atom. The number of pyridine rings is 1. The molecule has 0 atom stereocenters. The zero-order valence-corrected chi connectivity index (χ0v) is 29.2. The highest BCUT2D eigenvalue weighted by Crippen LogP contribution is 2.48. The second kappa shape index (κ2) is 11.1. The molecule has 0 unspecified atom stereocenters. The number of nitrogens with zero attached hydrogens (tertiary/aromatic N) is 3. The van der Waals surface area contributed by atoms with Crippen LogP contribution in [0.1, 0.15) is 0 Å². The Balaban J connectivity index is 1.07. The molecule has 0 bridgehead atoms. The summed E-state index contributed by atoms with van der Waals surface area (Å²) in [6, 6.07) is 68.4. The molecule has 3 nitrogen and oxygen atoms in total. The molecular formula is C51H31N3. The van der Waals surface area contributed by atoms with Crippen molar-refractivity contribution in [3.63, 3.8) is 0 Å². The highest BCUT2D eigenvalue weighted by atomic mass is 15.0. The molecule has 0 radical (unpaired) electrons. The SMILES string of the molecule is c1ccc(-n2c3ccccc3c3cc(-c4ccc5c(c4)c4cc(-c6cc7c8c(cccc8n6)-c6ccccc6-7)ccc4n5-c4ccccc4)ccc32)cc1. The van der Waals surface area contributed by atoms with Crippen molar-refractivity contribution in [1.82, 2.24) is 14.1 Å². The second-order valence-corrected chi connectivity index (χ2v) is 14.4. The van der Waals surface area contributed by atoms with Gasteiger partial charge in [0.15, 0.2) is 0 Å². The maximum atomic E-state index is 5.28. The van der Waals surface area contributed by atoms with Gasteiger partial charge in [-0.05, 0) is 112 Å². The van der Waals surface area contributed by atoms with Crippen LogP contribution in [0.25, 0.3) is 111 Å². The molecule has 0 aliphatic heterocycles. The average molecular weight is 686 g/mol. The van der Waals surface area contributed by atoms with E-state index in [2.05, 4.69) is 197 Å². The summed E-state index contributed by atoms with van der Waals surface area (Å²) in [5.41, 5.74) is 17.7. The Morgan fingerprint density at radius 2 is 0.796 bits per heavy atom. The molecule has 54 heavy (non-hydrogen) atoms. The largest absolute Gasteiger partial charge is 0.309 e. The van der Waals surface area contributed by atoms with Crippen molar-refractivity contribution in [2.75, 3.05) is 0 Å². The molecule has 8 aromatic carbocycles. The first-order chi connectivity index (χ1) is 26.8. The van der Waals surface area contributed by atoms with Gasteiger partial charge >= 0.3 is 0 Å². The maximum Gasteiger partial charge on any atom is 0.0722 e. The van der Waals surface area contributed by atoms with Crippen molar-refractivity contribution in [3.8, 4) is 56.0 Å². The van der Waals surface area contributed by atoms with Crippen molar-refractivity contribution in [3.05, 3.63) is 188 Å². The molecule has 1 aliphatic carbocycles. The van der Waals surface area contributed by atoms with E-state index >= 15 is 0 Å². The molecule has 1 aliphatic rings. The molecule has 0 fully saturated rings. The van der Waals surface area contributed by atoms with Gasteiger partial charge in [0, 0.05) is 43.9 Å². The standard InChI is InChI=1S/C51H31N3/c1-3-12-35(13-4-1)53-47-21-10-9-18-39(47)41-28-32(22-25-48(41)53)33-23-26-49-42(29-33)43-30-34(24-27-50(43)54(49)36-14-5-2-6-15-36)46-31-44-38-17-8-7-16-37(38)40-19-11-20-45(52-46)51(40)44/h1-31H. The van der Waals surface area contributed by atoms with Crippen molar-refractivity contribution < 1.29 is 0 Å². The van der Waals surface area contributed by atoms with Crippen LogP contribution in [0.4, 0.5) is 0 Å². The number of hydrogen-bond donors (Lipinski definition) is 0. The fraction of sp³-hybridized carbons (Fsp3) is 0. The third-order valence-corrected chi connectivity index (χ3v) is 11.4. The fourth-order valence-corrected chi connectivity index (χ4v) is 9.05. The van der Waals surface area contributed by atoms with Crippen LogP contribution in [0.2, 0.25) is 0 Å². The molecule has 250 valence electrons. The first-order valence-electron chi connectivity index (χ1n) is 18.6. The Morgan fingerprint density at radius 3 is 1.44 bits per heavy atom. The summed E-state index contributed by atoms with van der Waals surface area (Å²) < 4.78 is 4.77. The highest BCUT2D eigenvalue weighted by Gasteiger charge is 2.23. The van der Waals surface area contributed by atoms with Crippen LogP contribution in [-0.2, 0) is 0 Å². The van der Waals surface area contributed by atoms with E-state index in [0.29, 0.717) is 0 Å². The number of hydrogen-bond acceptors (Lipinski definition) is 1. The number of para-hydroxylation sites is 3. The van der Waals surface area contributed by atoms with Gasteiger partial charge in [-0.15, -0.1) is 0 Å². The molecule has 3 aromatic heterocycles. The average Bonchev–Trinajstić information content (AvgIpc) is 3.87. The maximum absolute atomic E-state index is 5.28. The lowest BCUT2D eigenvalue weighted by Crippen LogP contribution is -1.93. The number of aromatic nitrogens is 3. The molecule has 0 N–H and O–H groups in total. The van der Waals surface area contributed by atoms with E-state index in [9.17, 15) is 0 Å². The van der Waals surface area contributed by atoms with E-state index in [1.165, 1.54) is 88.1 Å². The molecule has 3 heteroatoms. The molecular weight excluding hydrogens is 655 g/mol. The van der Waals surface area contributed by atoms with Gasteiger partial charge in [-0.2, -0.15) is 0 Å². The highest BCUT2D eigenvalue weighted by molar-refractivity contribution is 6.16. The first kappa shape index (κ1) is 29.4. The van der Waals surface area contributed by atoms with E-state index < -0.39 is 0 Å². The Hall–Kier alpha value is -7.23. The van der Waals surface area contributed by atoms with Crippen LogP contribution in [0.5, 0.6) is 0 Å². The van der Waals surface area contributed by atoms with Crippen LogP contribution in [0, 0.1) is 0 Å². The number of rotatable bonds is 4. The molecule has 0 saturated heterocycles. The van der Waals surface area contributed by atoms with Crippen LogP contribution < -0.4 is 0 Å². The first-order valence-corrected chi connectivity index (χ1v) is 18.6. The van der Waals surface area contributed by atoms with Crippen LogP contribution in [-0.4, -0.2) is 14.1 Å². The predicted molar refractivity (Wildman–Crippen MR) is 226 cm³/mol. The van der Waals surface area contributed by atoms with Gasteiger partial charge in [0.2, 0.25) is 0 Å². The van der Waals surface area contributed by atoms with E-state index in [1.807, 2.05) is 0 Å². The van der Waals surface area contributed by atoms with E-state index in [4.69, 9.17) is 4.98 Å². The van der Waals surface area contributed by atoms with Crippen molar-refractivity contribution in [2.45, 2.75) is 0 Å². The van der Waals surface area contributed by atoms with Gasteiger partial charge in [0.25, 0.3) is 0 Å². The third kappa shape index (κ3) is 4.15. The Kier molecular flexibility index (Phi) is 6.05. The molecule has 11 aromatic rings. The lowest BCUT2D eigenvalue weighted by Gasteiger charge is -2.09. The molecule has 12 rings (SSSR count). The molecule has 3 heterocycles. The Labute approximate surface area is 311 Å². The smallest absolute Gasteiger partial charge is 0.0722 e. The van der Waals surface area contributed by atoms with Crippen molar-refractivity contribution in [2.24, 2.45) is 0 Å². The van der Waals surface area contributed by atoms with Crippen LogP contribution >= 0.6 is 0 Å². The Bertz CT molecular complexity index is 3310. The number of fused-ring (bicyclic) bond motifs is 9. The van der Waals surface area contributed by atoms with Gasteiger partial charge in [-0.25, -0.2) is 4.98 Å². The third-order valence-electron chi connectivity index (χ3n) is 11.4. The zero-order chi connectivity index (χ0) is 35.3. The van der Waals surface area contributed by atoms with Gasteiger partial charge in [0.1, 0.15) is 0 Å². The minimum Gasteiger partial charge on any atom is -0.309 e. The summed E-state index contributed by atoms with van der Waals surface area (Å²) in [5, 5.41) is 6.19. The van der Waals surface area contributed by atoms with Crippen LogP contribution in [0.3, 0.4) is 0 Å².